The molecule has 7 heteroatoms. The van der Waals surface area contributed by atoms with Crippen LogP contribution in [-0.2, 0) is 20.7 Å². The zero-order valence-corrected chi connectivity index (χ0v) is 14.9. The Labute approximate surface area is 149 Å². The fraction of sp³-hybridized carbons (Fsp3) is 0.278. The van der Waals surface area contributed by atoms with Crippen LogP contribution in [0.25, 0.3) is 4.96 Å². The first-order chi connectivity index (χ1) is 12.0. The Balaban J connectivity index is 1.71. The molecule has 1 aromatic carbocycles. The molecule has 0 aliphatic rings. The van der Waals surface area contributed by atoms with Crippen LogP contribution in [0.3, 0.4) is 0 Å². The monoisotopic (exact) mass is 357 g/mol. The number of rotatable bonds is 6. The maximum atomic E-state index is 12.4. The zero-order chi connectivity index (χ0) is 17.8. The summed E-state index contributed by atoms with van der Waals surface area (Å²) in [5.74, 6) is -0.548. The molecule has 0 saturated carbocycles. The van der Waals surface area contributed by atoms with E-state index in [4.69, 9.17) is 4.74 Å². The predicted molar refractivity (Wildman–Crippen MR) is 95.5 cm³/mol. The normalized spacial score (nSPS) is 12.1. The molecule has 1 N–H and O–H groups in total. The van der Waals surface area contributed by atoms with E-state index in [9.17, 15) is 9.59 Å². The molecule has 3 aromatic rings. The second-order valence-corrected chi connectivity index (χ2v) is 6.69. The zero-order valence-electron chi connectivity index (χ0n) is 14.1. The summed E-state index contributed by atoms with van der Waals surface area (Å²) >= 11 is 1.52. The summed E-state index contributed by atoms with van der Waals surface area (Å²) in [6, 6.07) is 7.31. The van der Waals surface area contributed by atoms with Gasteiger partial charge in [0.25, 0.3) is 0 Å². The Hall–Kier alpha value is -2.67. The summed E-state index contributed by atoms with van der Waals surface area (Å²) in [5.41, 5.74) is 2.69. The smallest absolute Gasteiger partial charge is 0.307 e. The molecule has 130 valence electrons. The number of aromatic nitrogens is 2. The first-order valence-corrected chi connectivity index (χ1v) is 8.77. The fourth-order valence-electron chi connectivity index (χ4n) is 2.57. The molecule has 0 bridgehead atoms. The Morgan fingerprint density at radius 1 is 1.32 bits per heavy atom. The van der Waals surface area contributed by atoms with Gasteiger partial charge in [0.2, 0.25) is 5.91 Å². The maximum absolute atomic E-state index is 12.4. The number of imidazole rings is 1. The molecular formula is C18H19N3O3S. The van der Waals surface area contributed by atoms with Crippen LogP contribution in [-0.4, -0.2) is 28.4 Å². The number of benzene rings is 1. The Bertz CT molecular complexity index is 854. The van der Waals surface area contributed by atoms with Crippen molar-refractivity contribution in [1.82, 2.24) is 14.7 Å². The van der Waals surface area contributed by atoms with Crippen molar-refractivity contribution < 1.29 is 14.3 Å². The van der Waals surface area contributed by atoms with Gasteiger partial charge in [0.1, 0.15) is 0 Å². The van der Waals surface area contributed by atoms with Gasteiger partial charge in [-0.2, -0.15) is 0 Å². The quantitative estimate of drug-likeness (QED) is 0.689. The van der Waals surface area contributed by atoms with E-state index in [1.807, 2.05) is 53.4 Å². The minimum atomic E-state index is -0.427. The van der Waals surface area contributed by atoms with Gasteiger partial charge in [0.15, 0.2) is 4.96 Å². The summed E-state index contributed by atoms with van der Waals surface area (Å²) in [6.07, 6.45) is 3.99. The van der Waals surface area contributed by atoms with Gasteiger partial charge in [-0.1, -0.05) is 29.8 Å². The molecule has 0 aliphatic carbocycles. The van der Waals surface area contributed by atoms with Gasteiger partial charge in [-0.25, -0.2) is 4.98 Å². The number of hydrogen-bond acceptors (Lipinski definition) is 5. The molecule has 6 nitrogen and oxygen atoms in total. The lowest BCUT2D eigenvalue weighted by Crippen LogP contribution is -2.31. The van der Waals surface area contributed by atoms with Crippen molar-refractivity contribution in [3.63, 3.8) is 0 Å². The molecule has 0 spiro atoms. The van der Waals surface area contributed by atoms with E-state index in [1.54, 1.807) is 0 Å². The van der Waals surface area contributed by atoms with Crippen LogP contribution in [0.1, 0.15) is 29.3 Å². The molecule has 0 radical (unpaired) electrons. The lowest BCUT2D eigenvalue weighted by atomic mass is 10.0. The maximum Gasteiger partial charge on any atom is 0.307 e. The minimum absolute atomic E-state index is 0.0869. The van der Waals surface area contributed by atoms with Crippen LogP contribution < -0.4 is 5.32 Å². The third-order valence-electron chi connectivity index (χ3n) is 3.90. The van der Waals surface area contributed by atoms with Gasteiger partial charge in [-0.3, -0.25) is 14.0 Å². The van der Waals surface area contributed by atoms with Crippen molar-refractivity contribution in [1.29, 1.82) is 0 Å². The number of amides is 1. The Morgan fingerprint density at radius 3 is 2.76 bits per heavy atom. The van der Waals surface area contributed by atoms with Gasteiger partial charge in [-0.15, -0.1) is 11.3 Å². The number of esters is 1. The topological polar surface area (TPSA) is 72.7 Å². The van der Waals surface area contributed by atoms with E-state index >= 15 is 0 Å². The summed E-state index contributed by atoms with van der Waals surface area (Å²) in [4.78, 5) is 29.4. The molecule has 2 aromatic heterocycles. The van der Waals surface area contributed by atoms with Gasteiger partial charge >= 0.3 is 5.97 Å². The van der Waals surface area contributed by atoms with Crippen LogP contribution >= 0.6 is 11.3 Å². The number of nitrogens with one attached hydrogen (secondary N) is 1. The van der Waals surface area contributed by atoms with Crippen molar-refractivity contribution in [2.24, 2.45) is 0 Å². The summed E-state index contributed by atoms with van der Waals surface area (Å²) < 4.78 is 6.64. The molecule has 1 atom stereocenters. The van der Waals surface area contributed by atoms with E-state index in [2.05, 4.69) is 10.3 Å². The standard InChI is InChI=1S/C18H19N3O3S/c1-12-3-5-13(6-4-12)15(10-17(23)24-2)20-16(22)9-14-11-21-7-8-25-18(21)19-14/h3-8,11,15H,9-10H2,1-2H3,(H,20,22)/t15-/m1/s1. The minimum Gasteiger partial charge on any atom is -0.469 e. The molecular weight excluding hydrogens is 338 g/mol. The van der Waals surface area contributed by atoms with Crippen molar-refractivity contribution in [2.75, 3.05) is 7.11 Å². The van der Waals surface area contributed by atoms with Crippen LogP contribution in [0.15, 0.2) is 42.0 Å². The highest BCUT2D eigenvalue weighted by molar-refractivity contribution is 7.15. The SMILES string of the molecule is COC(=O)C[C@@H](NC(=O)Cc1cn2ccsc2n1)c1ccc(C)cc1. The van der Waals surface area contributed by atoms with E-state index in [0.717, 1.165) is 16.1 Å². The molecule has 1 amide bonds. The largest absolute Gasteiger partial charge is 0.469 e. The van der Waals surface area contributed by atoms with Gasteiger partial charge in [0.05, 0.1) is 31.7 Å². The number of carbonyl (C=O) groups is 2. The van der Waals surface area contributed by atoms with E-state index in [1.165, 1.54) is 18.4 Å². The number of thiazole rings is 1. The fourth-order valence-corrected chi connectivity index (χ4v) is 3.29. The first-order valence-electron chi connectivity index (χ1n) is 7.89. The Kier molecular flexibility index (Phi) is 5.14. The molecule has 25 heavy (non-hydrogen) atoms. The average molecular weight is 357 g/mol. The highest BCUT2D eigenvalue weighted by Gasteiger charge is 2.19. The van der Waals surface area contributed by atoms with Crippen molar-refractivity contribution in [3.8, 4) is 0 Å². The molecule has 0 unspecified atom stereocenters. The number of nitrogens with zero attached hydrogens (tertiary/aromatic N) is 2. The van der Waals surface area contributed by atoms with Crippen LogP contribution in [0, 0.1) is 6.92 Å². The van der Waals surface area contributed by atoms with E-state index in [-0.39, 0.29) is 24.7 Å². The molecule has 2 heterocycles. The van der Waals surface area contributed by atoms with E-state index in [0.29, 0.717) is 5.69 Å². The number of aryl methyl sites for hydroxylation is 1. The number of fused-ring (bicyclic) bond motifs is 1. The number of hydrogen-bond donors (Lipinski definition) is 1. The molecule has 3 rings (SSSR count). The van der Waals surface area contributed by atoms with Crippen molar-refractivity contribution in [3.05, 3.63) is 58.9 Å². The van der Waals surface area contributed by atoms with Gasteiger partial charge < -0.3 is 10.1 Å². The van der Waals surface area contributed by atoms with Gasteiger partial charge in [0, 0.05) is 17.8 Å². The van der Waals surface area contributed by atoms with Crippen molar-refractivity contribution >= 4 is 28.2 Å². The highest BCUT2D eigenvalue weighted by Crippen LogP contribution is 2.19. The number of ether oxygens (including phenoxy) is 1. The van der Waals surface area contributed by atoms with Gasteiger partial charge in [-0.05, 0) is 12.5 Å². The molecule has 0 fully saturated rings. The summed E-state index contributed by atoms with van der Waals surface area (Å²) in [5, 5.41) is 4.86. The lowest BCUT2D eigenvalue weighted by Gasteiger charge is -2.18. The molecule has 0 saturated heterocycles. The third-order valence-corrected chi connectivity index (χ3v) is 4.67. The lowest BCUT2D eigenvalue weighted by molar-refractivity contribution is -0.141. The summed E-state index contributed by atoms with van der Waals surface area (Å²) in [6.45, 7) is 1.99. The van der Waals surface area contributed by atoms with Crippen molar-refractivity contribution in [2.45, 2.75) is 25.8 Å². The highest BCUT2D eigenvalue weighted by atomic mass is 32.1. The van der Waals surface area contributed by atoms with Crippen LogP contribution in [0.4, 0.5) is 0 Å². The summed E-state index contributed by atoms with van der Waals surface area (Å²) in [7, 11) is 1.34. The number of methoxy groups -OCH3 is 1. The molecule has 0 aliphatic heterocycles. The van der Waals surface area contributed by atoms with Crippen LogP contribution in [0.2, 0.25) is 0 Å². The third kappa shape index (κ3) is 4.24. The second-order valence-electron chi connectivity index (χ2n) is 5.81. The van der Waals surface area contributed by atoms with E-state index < -0.39 is 6.04 Å². The second kappa shape index (κ2) is 7.48. The first kappa shape index (κ1) is 17.2. The Morgan fingerprint density at radius 2 is 2.08 bits per heavy atom. The average Bonchev–Trinajstić information content (AvgIpc) is 3.16. The number of carbonyl (C=O) groups excluding carboxylic acids is 2. The van der Waals surface area contributed by atoms with Crippen LogP contribution in [0.5, 0.6) is 0 Å². The predicted octanol–water partition coefficient (Wildman–Crippen LogP) is 2.67.